The summed E-state index contributed by atoms with van der Waals surface area (Å²) >= 11 is 6.03. The molecule has 1 unspecified atom stereocenters. The van der Waals surface area contributed by atoms with E-state index in [0.29, 0.717) is 16.8 Å². The van der Waals surface area contributed by atoms with Crippen molar-refractivity contribution >= 4 is 11.6 Å². The van der Waals surface area contributed by atoms with Crippen molar-refractivity contribution in [3.63, 3.8) is 0 Å². The molecule has 3 aliphatic heterocycles. The van der Waals surface area contributed by atoms with Gasteiger partial charge in [-0.2, -0.15) is 4.98 Å². The first-order valence-corrected chi connectivity index (χ1v) is 8.41. The predicted octanol–water partition coefficient (Wildman–Crippen LogP) is 3.42. The molecule has 5 rings (SSSR count). The lowest BCUT2D eigenvalue weighted by Crippen LogP contribution is -2.59. The Morgan fingerprint density at radius 1 is 1.32 bits per heavy atom. The van der Waals surface area contributed by atoms with Gasteiger partial charge in [0.05, 0.1) is 26.7 Å². The van der Waals surface area contributed by atoms with Crippen LogP contribution in [0.4, 0.5) is 0 Å². The van der Waals surface area contributed by atoms with Gasteiger partial charge in [0.15, 0.2) is 0 Å². The SMILES string of the molecule is C[N+]12CCC(CC1)C(Cc1nc(-c3cccc(Cl)c3)no1)C2. The zero-order valence-corrected chi connectivity index (χ0v) is 13.6. The van der Waals surface area contributed by atoms with Crippen molar-refractivity contribution in [1.82, 2.24) is 10.1 Å². The van der Waals surface area contributed by atoms with Gasteiger partial charge in [0, 0.05) is 35.8 Å². The number of benzene rings is 1. The fourth-order valence-electron chi connectivity index (χ4n) is 4.12. The summed E-state index contributed by atoms with van der Waals surface area (Å²) in [5, 5.41) is 4.82. The molecule has 1 aromatic heterocycles. The molecule has 22 heavy (non-hydrogen) atoms. The van der Waals surface area contributed by atoms with E-state index < -0.39 is 0 Å². The second kappa shape index (κ2) is 5.36. The molecule has 0 radical (unpaired) electrons. The molecule has 3 fully saturated rings. The van der Waals surface area contributed by atoms with Gasteiger partial charge in [-0.15, -0.1) is 0 Å². The van der Waals surface area contributed by atoms with Crippen LogP contribution in [0.3, 0.4) is 0 Å². The van der Waals surface area contributed by atoms with Crippen LogP contribution in [0.1, 0.15) is 18.7 Å². The number of aromatic nitrogens is 2. The topological polar surface area (TPSA) is 38.9 Å². The fourth-order valence-corrected chi connectivity index (χ4v) is 4.31. The second-order valence-corrected chi connectivity index (χ2v) is 7.51. The van der Waals surface area contributed by atoms with E-state index in [-0.39, 0.29) is 0 Å². The molecule has 3 aliphatic rings. The van der Waals surface area contributed by atoms with Crippen molar-refractivity contribution in [2.24, 2.45) is 11.8 Å². The summed E-state index contributed by atoms with van der Waals surface area (Å²) in [5.41, 5.74) is 0.912. The van der Waals surface area contributed by atoms with Crippen molar-refractivity contribution in [3.8, 4) is 11.4 Å². The Bertz CT molecular complexity index is 676. The van der Waals surface area contributed by atoms with Crippen LogP contribution in [-0.2, 0) is 6.42 Å². The van der Waals surface area contributed by atoms with Gasteiger partial charge in [0.1, 0.15) is 0 Å². The molecule has 0 amide bonds. The molecule has 0 N–H and O–H groups in total. The van der Waals surface area contributed by atoms with Crippen LogP contribution < -0.4 is 0 Å². The average molecular weight is 319 g/mol. The van der Waals surface area contributed by atoms with Crippen LogP contribution in [-0.4, -0.2) is 41.3 Å². The first-order chi connectivity index (χ1) is 10.6. The molecule has 0 spiro atoms. The summed E-state index contributed by atoms with van der Waals surface area (Å²) in [5.74, 6) is 2.92. The van der Waals surface area contributed by atoms with Gasteiger partial charge in [0.2, 0.25) is 11.7 Å². The lowest BCUT2D eigenvalue weighted by atomic mass is 9.76. The molecule has 5 heteroatoms. The Morgan fingerprint density at radius 2 is 2.14 bits per heavy atom. The summed E-state index contributed by atoms with van der Waals surface area (Å²) in [7, 11) is 2.38. The van der Waals surface area contributed by atoms with Gasteiger partial charge in [0.25, 0.3) is 0 Å². The van der Waals surface area contributed by atoms with Crippen molar-refractivity contribution in [3.05, 3.63) is 35.2 Å². The summed E-state index contributed by atoms with van der Waals surface area (Å²) in [4.78, 5) is 4.58. The largest absolute Gasteiger partial charge is 0.339 e. The molecule has 0 aliphatic carbocycles. The lowest BCUT2D eigenvalue weighted by Gasteiger charge is -2.50. The molecule has 0 saturated carbocycles. The molecule has 2 aromatic rings. The van der Waals surface area contributed by atoms with Crippen LogP contribution in [0.5, 0.6) is 0 Å². The molecular weight excluding hydrogens is 298 g/mol. The fraction of sp³-hybridized carbons (Fsp3) is 0.529. The van der Waals surface area contributed by atoms with Crippen molar-refractivity contribution in [2.45, 2.75) is 19.3 Å². The Balaban J connectivity index is 1.51. The van der Waals surface area contributed by atoms with E-state index in [4.69, 9.17) is 16.1 Å². The minimum Gasteiger partial charge on any atom is -0.339 e. The number of halogens is 1. The minimum absolute atomic E-state index is 0.638. The maximum absolute atomic E-state index is 6.03. The zero-order valence-electron chi connectivity index (χ0n) is 12.8. The van der Waals surface area contributed by atoms with Gasteiger partial charge in [-0.05, 0) is 18.1 Å². The summed E-state index contributed by atoms with van der Waals surface area (Å²) in [6.45, 7) is 3.91. The number of nitrogens with zero attached hydrogens (tertiary/aromatic N) is 3. The van der Waals surface area contributed by atoms with Crippen molar-refractivity contribution < 1.29 is 9.01 Å². The van der Waals surface area contributed by atoms with Crippen LogP contribution in [0.2, 0.25) is 5.02 Å². The maximum atomic E-state index is 6.03. The number of rotatable bonds is 3. The van der Waals surface area contributed by atoms with E-state index in [2.05, 4.69) is 17.2 Å². The normalized spacial score (nSPS) is 30.6. The third-order valence-corrected chi connectivity index (χ3v) is 5.64. The molecule has 1 atom stereocenters. The quantitative estimate of drug-likeness (QED) is 0.814. The average Bonchev–Trinajstić information content (AvgIpc) is 2.96. The molecule has 4 heterocycles. The summed E-state index contributed by atoms with van der Waals surface area (Å²) in [6.07, 6.45) is 3.60. The Kier molecular flexibility index (Phi) is 3.46. The lowest BCUT2D eigenvalue weighted by molar-refractivity contribution is -0.929. The Hall–Kier alpha value is -1.39. The molecule has 3 saturated heterocycles. The van der Waals surface area contributed by atoms with E-state index in [1.807, 2.05) is 24.3 Å². The number of hydrogen-bond acceptors (Lipinski definition) is 3. The van der Waals surface area contributed by atoms with Crippen LogP contribution in [0, 0.1) is 11.8 Å². The molecule has 4 nitrogen and oxygen atoms in total. The number of hydrogen-bond donors (Lipinski definition) is 0. The van der Waals surface area contributed by atoms with E-state index >= 15 is 0 Å². The molecule has 1 aromatic carbocycles. The summed E-state index contributed by atoms with van der Waals surface area (Å²) < 4.78 is 6.71. The van der Waals surface area contributed by atoms with E-state index in [1.165, 1.54) is 37.0 Å². The van der Waals surface area contributed by atoms with E-state index in [0.717, 1.165) is 23.8 Å². The number of quaternary nitrogens is 1. The maximum Gasteiger partial charge on any atom is 0.227 e. The van der Waals surface area contributed by atoms with Crippen LogP contribution in [0.15, 0.2) is 28.8 Å². The van der Waals surface area contributed by atoms with Gasteiger partial charge in [-0.1, -0.05) is 28.9 Å². The standard InChI is InChI=1S/C17H21ClN3O/c1-21-7-5-12(6-8-21)14(11-21)10-16-19-17(20-22-16)13-3-2-4-15(18)9-13/h2-4,9,12,14H,5-8,10-11H2,1H3/q+1. The van der Waals surface area contributed by atoms with Crippen molar-refractivity contribution in [1.29, 1.82) is 0 Å². The molecular formula is C17H21ClN3O+. The second-order valence-electron chi connectivity index (χ2n) is 7.07. The van der Waals surface area contributed by atoms with Crippen molar-refractivity contribution in [2.75, 3.05) is 26.7 Å². The third kappa shape index (κ3) is 2.66. The highest BCUT2D eigenvalue weighted by Gasteiger charge is 2.43. The number of fused-ring (bicyclic) bond motifs is 3. The zero-order chi connectivity index (χ0) is 15.2. The molecule has 2 bridgehead atoms. The van der Waals surface area contributed by atoms with Gasteiger partial charge in [-0.25, -0.2) is 0 Å². The van der Waals surface area contributed by atoms with Gasteiger partial charge in [-0.3, -0.25) is 0 Å². The predicted molar refractivity (Wildman–Crippen MR) is 85.4 cm³/mol. The number of piperidine rings is 3. The Morgan fingerprint density at radius 3 is 2.86 bits per heavy atom. The first kappa shape index (κ1) is 14.2. The van der Waals surface area contributed by atoms with Gasteiger partial charge >= 0.3 is 0 Å². The highest BCUT2D eigenvalue weighted by molar-refractivity contribution is 6.30. The minimum atomic E-state index is 0.638. The summed E-state index contributed by atoms with van der Waals surface area (Å²) in [6, 6.07) is 7.59. The third-order valence-electron chi connectivity index (χ3n) is 5.41. The smallest absolute Gasteiger partial charge is 0.227 e. The monoisotopic (exact) mass is 318 g/mol. The van der Waals surface area contributed by atoms with Crippen LogP contribution >= 0.6 is 11.6 Å². The highest BCUT2D eigenvalue weighted by Crippen LogP contribution is 2.38. The van der Waals surface area contributed by atoms with E-state index in [9.17, 15) is 0 Å². The first-order valence-electron chi connectivity index (χ1n) is 8.03. The van der Waals surface area contributed by atoms with E-state index in [1.54, 1.807) is 0 Å². The Labute approximate surface area is 135 Å². The highest BCUT2D eigenvalue weighted by atomic mass is 35.5. The van der Waals surface area contributed by atoms with Crippen LogP contribution in [0.25, 0.3) is 11.4 Å². The molecule has 116 valence electrons. The van der Waals surface area contributed by atoms with Gasteiger partial charge < -0.3 is 9.01 Å².